The Morgan fingerprint density at radius 1 is 1.04 bits per heavy atom. The minimum Gasteiger partial charge on any atom is -0.467 e. The number of nitrogens with one attached hydrogen (secondary N) is 2. The van der Waals surface area contributed by atoms with Crippen LogP contribution in [0, 0.1) is 29.6 Å². The smallest absolute Gasteiger partial charge is 0.328 e. The van der Waals surface area contributed by atoms with Gasteiger partial charge in [0, 0.05) is 6.04 Å². The maximum atomic E-state index is 12.4. The zero-order valence-electron chi connectivity index (χ0n) is 14.5. The minimum absolute atomic E-state index is 0.210. The molecule has 0 aliphatic heterocycles. The number of carbonyl (C=O) groups excluding carboxylic acids is 2. The molecular weight excluding hydrogens is 292 g/mol. The Morgan fingerprint density at radius 2 is 1.61 bits per heavy atom. The number of hydrogen-bond donors (Lipinski definition) is 2. The number of esters is 1. The molecule has 1 atom stereocenters. The van der Waals surface area contributed by atoms with Crippen LogP contribution >= 0.6 is 0 Å². The molecule has 0 aromatic carbocycles. The van der Waals surface area contributed by atoms with Crippen molar-refractivity contribution in [1.82, 2.24) is 10.6 Å². The number of methoxy groups -OCH3 is 1. The molecule has 5 nitrogen and oxygen atoms in total. The van der Waals surface area contributed by atoms with E-state index in [1.165, 1.54) is 39.2 Å². The van der Waals surface area contributed by atoms with E-state index >= 15 is 0 Å². The first-order valence-electron chi connectivity index (χ1n) is 9.11. The summed E-state index contributed by atoms with van der Waals surface area (Å²) in [6.45, 7) is 4.07. The van der Waals surface area contributed by atoms with E-state index in [1.807, 2.05) is 13.8 Å². The van der Waals surface area contributed by atoms with Crippen molar-refractivity contribution in [3.63, 3.8) is 0 Å². The summed E-state index contributed by atoms with van der Waals surface area (Å²) in [6, 6.07) is -0.476. The molecule has 4 rings (SSSR count). The summed E-state index contributed by atoms with van der Waals surface area (Å²) in [5.41, 5.74) is 0. The quantitative estimate of drug-likeness (QED) is 0.765. The molecule has 0 aromatic rings. The van der Waals surface area contributed by atoms with Gasteiger partial charge in [0.25, 0.3) is 0 Å². The predicted molar refractivity (Wildman–Crippen MR) is 87.8 cm³/mol. The number of carbonyl (C=O) groups is 2. The Balaban J connectivity index is 1.57. The van der Waals surface area contributed by atoms with Crippen molar-refractivity contribution < 1.29 is 14.3 Å². The second kappa shape index (κ2) is 6.70. The molecule has 4 saturated carbocycles. The topological polar surface area (TPSA) is 67.4 Å². The molecule has 0 heterocycles. The fourth-order valence-corrected chi connectivity index (χ4v) is 5.34. The third-order valence-corrected chi connectivity index (χ3v) is 6.02. The van der Waals surface area contributed by atoms with E-state index in [-0.39, 0.29) is 12.0 Å². The van der Waals surface area contributed by atoms with Crippen LogP contribution in [-0.4, -0.2) is 31.2 Å². The lowest BCUT2D eigenvalue weighted by molar-refractivity contribution is -0.143. The van der Waals surface area contributed by atoms with Gasteiger partial charge in [-0.15, -0.1) is 0 Å². The highest BCUT2D eigenvalue weighted by Gasteiger charge is 2.48. The fourth-order valence-electron chi connectivity index (χ4n) is 5.34. The highest BCUT2D eigenvalue weighted by atomic mass is 16.5. The second-order valence-electron chi connectivity index (χ2n) is 8.28. The van der Waals surface area contributed by atoms with Crippen LogP contribution in [0.4, 0.5) is 4.79 Å². The van der Waals surface area contributed by atoms with E-state index in [1.54, 1.807) is 0 Å². The first-order chi connectivity index (χ1) is 11.0. The third kappa shape index (κ3) is 3.64. The molecule has 23 heavy (non-hydrogen) atoms. The zero-order chi connectivity index (χ0) is 16.6. The van der Waals surface area contributed by atoms with Gasteiger partial charge in [0.15, 0.2) is 0 Å². The molecular formula is C18H30N2O3. The van der Waals surface area contributed by atoms with E-state index in [0.717, 1.165) is 11.8 Å². The van der Waals surface area contributed by atoms with Crippen LogP contribution in [0.5, 0.6) is 0 Å². The predicted octanol–water partition coefficient (Wildman–Crippen LogP) is 2.70. The Bertz CT molecular complexity index is 435. The SMILES string of the molecule is COC(=O)C(CC(C)C)NC(=O)NC1C2CC3CC(C2)CC1C3. The van der Waals surface area contributed by atoms with Gasteiger partial charge in [0.05, 0.1) is 7.11 Å². The number of urea groups is 1. The van der Waals surface area contributed by atoms with E-state index in [9.17, 15) is 9.59 Å². The summed E-state index contributed by atoms with van der Waals surface area (Å²) < 4.78 is 4.82. The van der Waals surface area contributed by atoms with Crippen LogP contribution < -0.4 is 10.6 Å². The number of ether oxygens (including phenoxy) is 1. The van der Waals surface area contributed by atoms with E-state index < -0.39 is 6.04 Å². The van der Waals surface area contributed by atoms with Gasteiger partial charge in [-0.1, -0.05) is 13.8 Å². The van der Waals surface area contributed by atoms with Crippen LogP contribution in [-0.2, 0) is 9.53 Å². The average molecular weight is 322 g/mol. The zero-order valence-corrected chi connectivity index (χ0v) is 14.5. The van der Waals surface area contributed by atoms with E-state index in [0.29, 0.717) is 30.2 Å². The largest absolute Gasteiger partial charge is 0.467 e. The highest BCUT2D eigenvalue weighted by molar-refractivity contribution is 5.83. The molecule has 2 N–H and O–H groups in total. The van der Waals surface area contributed by atoms with Crippen LogP contribution in [0.3, 0.4) is 0 Å². The van der Waals surface area contributed by atoms with Gasteiger partial charge >= 0.3 is 12.0 Å². The molecule has 4 fully saturated rings. The Hall–Kier alpha value is -1.26. The van der Waals surface area contributed by atoms with Crippen molar-refractivity contribution in [3.8, 4) is 0 Å². The maximum absolute atomic E-state index is 12.4. The maximum Gasteiger partial charge on any atom is 0.328 e. The number of amides is 2. The standard InChI is InChI=1S/C18H30N2O3/c1-10(2)4-15(17(21)23-3)19-18(22)20-16-13-6-11-5-12(8-13)9-14(16)7-11/h10-16H,4-9H2,1-3H3,(H2,19,20,22). The van der Waals surface area contributed by atoms with Crippen molar-refractivity contribution in [1.29, 1.82) is 0 Å². The minimum atomic E-state index is -0.558. The summed E-state index contributed by atoms with van der Waals surface area (Å²) in [5, 5.41) is 6.02. The van der Waals surface area contributed by atoms with Gasteiger partial charge in [-0.3, -0.25) is 0 Å². The lowest BCUT2D eigenvalue weighted by Crippen LogP contribution is -2.59. The molecule has 0 spiro atoms. The molecule has 5 heteroatoms. The summed E-state index contributed by atoms with van der Waals surface area (Å²) in [4.78, 5) is 24.3. The molecule has 4 bridgehead atoms. The van der Waals surface area contributed by atoms with Gasteiger partial charge in [-0.05, 0) is 68.1 Å². The second-order valence-corrected chi connectivity index (χ2v) is 8.28. The van der Waals surface area contributed by atoms with Gasteiger partial charge in [-0.2, -0.15) is 0 Å². The molecule has 1 unspecified atom stereocenters. The normalized spacial score (nSPS) is 35.9. The highest BCUT2D eigenvalue weighted by Crippen LogP contribution is 2.53. The Morgan fingerprint density at radius 3 is 2.09 bits per heavy atom. The first kappa shape index (κ1) is 16.6. The van der Waals surface area contributed by atoms with Gasteiger partial charge < -0.3 is 15.4 Å². The average Bonchev–Trinajstić information content (AvgIpc) is 2.48. The molecule has 4 aliphatic carbocycles. The Kier molecular flexibility index (Phi) is 4.83. The number of rotatable bonds is 5. The summed E-state index contributed by atoms with van der Waals surface area (Å²) in [6.07, 6.45) is 7.08. The molecule has 2 amide bonds. The van der Waals surface area contributed by atoms with Crippen molar-refractivity contribution >= 4 is 12.0 Å². The van der Waals surface area contributed by atoms with Crippen molar-refractivity contribution in [2.24, 2.45) is 29.6 Å². The first-order valence-corrected chi connectivity index (χ1v) is 9.11. The third-order valence-electron chi connectivity index (χ3n) is 6.02. The molecule has 0 radical (unpaired) electrons. The fraction of sp³-hybridized carbons (Fsp3) is 0.889. The van der Waals surface area contributed by atoms with Crippen LogP contribution in [0.1, 0.15) is 52.4 Å². The van der Waals surface area contributed by atoms with Crippen molar-refractivity contribution in [2.75, 3.05) is 7.11 Å². The summed E-state index contributed by atoms with van der Waals surface area (Å²) in [7, 11) is 1.37. The van der Waals surface area contributed by atoms with E-state index in [2.05, 4.69) is 10.6 Å². The lowest BCUT2D eigenvalue weighted by Gasteiger charge is -2.54. The van der Waals surface area contributed by atoms with Gasteiger partial charge in [0.2, 0.25) is 0 Å². The molecule has 0 saturated heterocycles. The lowest BCUT2D eigenvalue weighted by atomic mass is 9.54. The summed E-state index contributed by atoms with van der Waals surface area (Å²) in [5.74, 6) is 3.02. The van der Waals surface area contributed by atoms with Gasteiger partial charge in [0.1, 0.15) is 6.04 Å². The van der Waals surface area contributed by atoms with Crippen LogP contribution in [0.25, 0.3) is 0 Å². The number of hydrogen-bond acceptors (Lipinski definition) is 3. The molecule has 130 valence electrons. The molecule has 4 aliphatic rings. The Labute approximate surface area is 138 Å². The summed E-state index contributed by atoms with van der Waals surface area (Å²) >= 11 is 0. The van der Waals surface area contributed by atoms with Gasteiger partial charge in [-0.25, -0.2) is 9.59 Å². The van der Waals surface area contributed by atoms with Crippen LogP contribution in [0.15, 0.2) is 0 Å². The van der Waals surface area contributed by atoms with E-state index in [4.69, 9.17) is 4.74 Å². The van der Waals surface area contributed by atoms with Crippen molar-refractivity contribution in [2.45, 2.75) is 64.5 Å². The van der Waals surface area contributed by atoms with Crippen LogP contribution in [0.2, 0.25) is 0 Å². The molecule has 0 aromatic heterocycles. The monoisotopic (exact) mass is 322 g/mol. The van der Waals surface area contributed by atoms with Crippen molar-refractivity contribution in [3.05, 3.63) is 0 Å².